The van der Waals surface area contributed by atoms with Gasteiger partial charge in [0.05, 0.1) is 14.2 Å². The molecule has 0 unspecified atom stereocenters. The van der Waals surface area contributed by atoms with Crippen molar-refractivity contribution < 1.29 is 14.3 Å². The van der Waals surface area contributed by atoms with E-state index in [2.05, 4.69) is 24.3 Å². The van der Waals surface area contributed by atoms with Crippen molar-refractivity contribution in [2.45, 2.75) is 25.2 Å². The number of ketones is 1. The van der Waals surface area contributed by atoms with Gasteiger partial charge in [-0.25, -0.2) is 0 Å². The van der Waals surface area contributed by atoms with E-state index in [1.54, 1.807) is 14.2 Å². The normalized spacial score (nSPS) is 21.8. The molecule has 0 bridgehead atoms. The van der Waals surface area contributed by atoms with Gasteiger partial charge < -0.3 is 9.47 Å². The number of rotatable bonds is 3. The third kappa shape index (κ3) is 2.84. The lowest BCUT2D eigenvalue weighted by atomic mass is 9.67. The van der Waals surface area contributed by atoms with Gasteiger partial charge in [-0.3, -0.25) is 4.79 Å². The molecule has 0 radical (unpaired) electrons. The second-order valence-electron chi connectivity index (χ2n) is 6.82. The lowest BCUT2D eigenvalue weighted by Crippen LogP contribution is -2.26. The van der Waals surface area contributed by atoms with E-state index < -0.39 is 0 Å². The first-order chi connectivity index (χ1) is 12.2. The number of methoxy groups -OCH3 is 2. The molecule has 0 aromatic heterocycles. The van der Waals surface area contributed by atoms with Crippen LogP contribution in [0.3, 0.4) is 0 Å². The fourth-order valence-electron chi connectivity index (χ4n) is 4.25. The predicted octanol–water partition coefficient (Wildman–Crippen LogP) is 4.41. The van der Waals surface area contributed by atoms with Crippen LogP contribution in [0.15, 0.2) is 48.5 Å². The number of carbonyl (C=O) groups excluding carboxylic acids is 1. The molecule has 0 N–H and O–H groups in total. The van der Waals surface area contributed by atoms with E-state index in [9.17, 15) is 4.79 Å². The maximum atomic E-state index is 12.4. The predicted molar refractivity (Wildman–Crippen MR) is 98.1 cm³/mol. The first kappa shape index (κ1) is 15.9. The molecule has 4 rings (SSSR count). The van der Waals surface area contributed by atoms with Crippen molar-refractivity contribution >= 4 is 11.4 Å². The van der Waals surface area contributed by atoms with Crippen LogP contribution in [0, 0.1) is 5.92 Å². The Labute approximate surface area is 148 Å². The average Bonchev–Trinajstić information content (AvgIpc) is 2.66. The molecule has 0 aliphatic heterocycles. The van der Waals surface area contributed by atoms with Crippen LogP contribution in [0.25, 0.3) is 5.57 Å². The monoisotopic (exact) mass is 334 g/mol. The smallest absolute Gasteiger partial charge is 0.156 e. The summed E-state index contributed by atoms with van der Waals surface area (Å²) in [4.78, 5) is 12.4. The summed E-state index contributed by atoms with van der Waals surface area (Å²) in [6.45, 7) is 0. The summed E-state index contributed by atoms with van der Waals surface area (Å²) in [6, 6.07) is 14.4. The minimum Gasteiger partial charge on any atom is -0.497 e. The number of aryl methyl sites for hydroxylation is 1. The summed E-state index contributed by atoms with van der Waals surface area (Å²) in [5.74, 6) is 2.59. The largest absolute Gasteiger partial charge is 0.497 e. The highest BCUT2D eigenvalue weighted by Gasteiger charge is 2.36. The van der Waals surface area contributed by atoms with Crippen LogP contribution in [0.1, 0.15) is 35.4 Å². The summed E-state index contributed by atoms with van der Waals surface area (Å²) in [6.07, 6.45) is 4.55. The fourth-order valence-corrected chi connectivity index (χ4v) is 4.25. The van der Waals surface area contributed by atoms with Gasteiger partial charge in [-0.15, -0.1) is 0 Å². The van der Waals surface area contributed by atoms with Crippen molar-refractivity contribution in [3.8, 4) is 11.5 Å². The molecule has 25 heavy (non-hydrogen) atoms. The second-order valence-corrected chi connectivity index (χ2v) is 6.82. The molecule has 2 aliphatic rings. The summed E-state index contributed by atoms with van der Waals surface area (Å²) in [7, 11) is 3.36. The molecular formula is C22H22O3. The maximum absolute atomic E-state index is 12.4. The average molecular weight is 334 g/mol. The van der Waals surface area contributed by atoms with E-state index in [0.29, 0.717) is 12.3 Å². The molecular weight excluding hydrogens is 312 g/mol. The highest BCUT2D eigenvalue weighted by atomic mass is 16.5. The Bertz CT molecular complexity index is 833. The molecule has 0 saturated heterocycles. The molecule has 0 spiro atoms. The Kier molecular flexibility index (Phi) is 4.08. The van der Waals surface area contributed by atoms with Crippen molar-refractivity contribution in [2.24, 2.45) is 5.92 Å². The lowest BCUT2D eigenvalue weighted by molar-refractivity contribution is -0.115. The Morgan fingerprint density at radius 2 is 1.64 bits per heavy atom. The van der Waals surface area contributed by atoms with Crippen molar-refractivity contribution in [1.82, 2.24) is 0 Å². The minimum absolute atomic E-state index is 0.218. The number of hydrogen-bond donors (Lipinski definition) is 0. The van der Waals surface area contributed by atoms with Crippen LogP contribution in [0.4, 0.5) is 0 Å². The molecule has 128 valence electrons. The van der Waals surface area contributed by atoms with Gasteiger partial charge in [0.25, 0.3) is 0 Å². The Morgan fingerprint density at radius 3 is 2.36 bits per heavy atom. The van der Waals surface area contributed by atoms with Crippen LogP contribution in [0.5, 0.6) is 11.5 Å². The number of hydrogen-bond acceptors (Lipinski definition) is 3. The minimum atomic E-state index is 0.218. The Morgan fingerprint density at radius 1 is 0.920 bits per heavy atom. The molecule has 2 aromatic rings. The third-order valence-electron chi connectivity index (χ3n) is 5.51. The topological polar surface area (TPSA) is 35.5 Å². The standard InChI is InChI=1S/C22H22O3/c1-24-17-6-3-14(4-7-17)21-12-16(23)13-22-19-10-8-18(25-2)11-15(19)5-9-20(21)22/h3-4,6-8,10-11,13,20-21H,5,9,12H2,1-2H3/t20-,21-/m0/s1. The van der Waals surface area contributed by atoms with Gasteiger partial charge in [0.15, 0.2) is 5.78 Å². The van der Waals surface area contributed by atoms with Crippen LogP contribution in [-0.2, 0) is 11.2 Å². The molecule has 0 saturated carbocycles. The summed E-state index contributed by atoms with van der Waals surface area (Å²) >= 11 is 0. The van der Waals surface area contributed by atoms with Gasteiger partial charge in [-0.2, -0.15) is 0 Å². The van der Waals surface area contributed by atoms with E-state index in [-0.39, 0.29) is 11.7 Å². The number of allylic oxidation sites excluding steroid dienone is 2. The quantitative estimate of drug-likeness (QED) is 0.834. The van der Waals surface area contributed by atoms with Gasteiger partial charge in [0.2, 0.25) is 0 Å². The van der Waals surface area contributed by atoms with Gasteiger partial charge >= 0.3 is 0 Å². The van der Waals surface area contributed by atoms with Gasteiger partial charge in [0, 0.05) is 6.42 Å². The zero-order valence-corrected chi connectivity index (χ0v) is 14.6. The second kappa shape index (κ2) is 6.40. The Balaban J connectivity index is 1.72. The van der Waals surface area contributed by atoms with Crippen molar-refractivity contribution in [3.63, 3.8) is 0 Å². The molecule has 2 aliphatic carbocycles. The maximum Gasteiger partial charge on any atom is 0.156 e. The highest BCUT2D eigenvalue weighted by Crippen LogP contribution is 2.48. The molecule has 0 heterocycles. The summed E-state index contributed by atoms with van der Waals surface area (Å²) < 4.78 is 10.6. The van der Waals surface area contributed by atoms with E-state index in [1.165, 1.54) is 22.3 Å². The zero-order chi connectivity index (χ0) is 17.4. The fraction of sp³-hybridized carbons (Fsp3) is 0.318. The van der Waals surface area contributed by atoms with E-state index >= 15 is 0 Å². The molecule has 2 atom stereocenters. The van der Waals surface area contributed by atoms with Gasteiger partial charge in [0.1, 0.15) is 11.5 Å². The number of ether oxygens (including phenoxy) is 2. The number of fused-ring (bicyclic) bond motifs is 3. The van der Waals surface area contributed by atoms with E-state index in [4.69, 9.17) is 9.47 Å². The summed E-state index contributed by atoms with van der Waals surface area (Å²) in [5, 5.41) is 0. The highest BCUT2D eigenvalue weighted by molar-refractivity contribution is 6.00. The molecule has 3 nitrogen and oxygen atoms in total. The zero-order valence-electron chi connectivity index (χ0n) is 14.6. The first-order valence-electron chi connectivity index (χ1n) is 8.75. The van der Waals surface area contributed by atoms with Crippen LogP contribution in [0.2, 0.25) is 0 Å². The lowest BCUT2D eigenvalue weighted by Gasteiger charge is -2.37. The third-order valence-corrected chi connectivity index (χ3v) is 5.51. The number of carbonyl (C=O) groups is 1. The van der Waals surface area contributed by atoms with Crippen molar-refractivity contribution in [1.29, 1.82) is 0 Å². The first-order valence-corrected chi connectivity index (χ1v) is 8.75. The van der Waals surface area contributed by atoms with Crippen LogP contribution in [-0.4, -0.2) is 20.0 Å². The Hall–Kier alpha value is -2.55. The van der Waals surface area contributed by atoms with Crippen molar-refractivity contribution in [3.05, 3.63) is 65.2 Å². The van der Waals surface area contributed by atoms with Gasteiger partial charge in [-0.1, -0.05) is 18.2 Å². The van der Waals surface area contributed by atoms with Crippen LogP contribution < -0.4 is 9.47 Å². The SMILES string of the molecule is COc1ccc([C@@H]2CC(=O)C=C3c4ccc(OC)cc4CC[C@H]32)cc1. The van der Waals surface area contributed by atoms with Crippen LogP contribution >= 0.6 is 0 Å². The summed E-state index contributed by atoms with van der Waals surface area (Å²) in [5.41, 5.74) is 4.91. The molecule has 0 amide bonds. The molecule has 0 fully saturated rings. The number of benzene rings is 2. The van der Waals surface area contributed by atoms with Gasteiger partial charge in [-0.05, 0) is 77.3 Å². The molecule has 3 heteroatoms. The molecule has 2 aromatic carbocycles. The van der Waals surface area contributed by atoms with E-state index in [0.717, 1.165) is 24.3 Å². The van der Waals surface area contributed by atoms with Crippen molar-refractivity contribution in [2.75, 3.05) is 14.2 Å². The van der Waals surface area contributed by atoms with E-state index in [1.807, 2.05) is 24.3 Å².